The summed E-state index contributed by atoms with van der Waals surface area (Å²) >= 11 is 5.44. The lowest BCUT2D eigenvalue weighted by Crippen LogP contribution is -2.44. The number of nitrogens with zero attached hydrogens (tertiary/aromatic N) is 3. The van der Waals surface area contributed by atoms with Crippen molar-refractivity contribution in [2.45, 2.75) is 31.8 Å². The number of rotatable bonds is 14. The van der Waals surface area contributed by atoms with E-state index >= 15 is 0 Å². The number of hydrogen-bond acceptors (Lipinski definition) is 8. The maximum atomic E-state index is 13.4. The summed E-state index contributed by atoms with van der Waals surface area (Å²) in [6, 6.07) is 25.7. The van der Waals surface area contributed by atoms with E-state index in [1.165, 1.54) is 17.7 Å². The molecule has 0 unspecified atom stereocenters. The number of nitrogens with one attached hydrogen (secondary N) is 3. The average molecular weight is 763 g/mol. The normalized spacial score (nSPS) is 13.0. The van der Waals surface area contributed by atoms with Crippen LogP contribution >= 0.6 is 12.2 Å². The second-order valence-electron chi connectivity index (χ2n) is 11.8. The average Bonchev–Trinajstić information content (AvgIpc) is 3.48. The van der Waals surface area contributed by atoms with Crippen molar-refractivity contribution in [2.24, 2.45) is 0 Å². The molecule has 4 aromatic rings. The Hall–Kier alpha value is -6.13. The third-order valence-corrected chi connectivity index (χ3v) is 8.11. The molecule has 7 N–H and O–H groups in total. The van der Waals surface area contributed by atoms with Crippen molar-refractivity contribution < 1.29 is 44.0 Å². The Morgan fingerprint density at radius 1 is 0.741 bits per heavy atom. The number of piperidine rings is 1. The molecular weight excluding hydrogens is 720 g/mol. The largest absolute Gasteiger partial charge is 0.478 e. The number of anilines is 1. The van der Waals surface area contributed by atoms with Crippen LogP contribution in [0.2, 0.25) is 0 Å². The predicted molar refractivity (Wildman–Crippen MR) is 206 cm³/mol. The second kappa shape index (κ2) is 22.7. The minimum Gasteiger partial charge on any atom is -0.478 e. The summed E-state index contributed by atoms with van der Waals surface area (Å²) in [5.41, 5.74) is 4.41. The summed E-state index contributed by atoms with van der Waals surface area (Å²) in [7, 11) is 0. The highest BCUT2D eigenvalue weighted by Gasteiger charge is 2.21. The predicted octanol–water partition coefficient (Wildman–Crippen LogP) is 4.23. The molecule has 0 spiro atoms. The summed E-state index contributed by atoms with van der Waals surface area (Å²) in [5.74, 6) is -4.37. The molecule has 1 aromatic heterocycles. The van der Waals surface area contributed by atoms with Crippen LogP contribution in [0.25, 0.3) is 11.0 Å². The van der Waals surface area contributed by atoms with Crippen LogP contribution in [0.1, 0.15) is 24.0 Å². The van der Waals surface area contributed by atoms with Gasteiger partial charge in [0, 0.05) is 63.1 Å². The zero-order valence-electron chi connectivity index (χ0n) is 29.3. The monoisotopic (exact) mass is 762 g/mol. The van der Waals surface area contributed by atoms with Gasteiger partial charge in [-0.05, 0) is 66.9 Å². The van der Waals surface area contributed by atoms with Gasteiger partial charge in [-0.2, -0.15) is 0 Å². The van der Waals surface area contributed by atoms with Gasteiger partial charge in [0.2, 0.25) is 5.95 Å². The van der Waals surface area contributed by atoms with Gasteiger partial charge < -0.3 is 45.8 Å². The van der Waals surface area contributed by atoms with Crippen LogP contribution in [-0.2, 0) is 32.1 Å². The van der Waals surface area contributed by atoms with Crippen molar-refractivity contribution in [1.82, 2.24) is 25.1 Å². The van der Waals surface area contributed by atoms with E-state index in [2.05, 4.69) is 55.7 Å². The van der Waals surface area contributed by atoms with Crippen molar-refractivity contribution >= 4 is 58.2 Å². The molecule has 0 radical (unpaired) electrons. The molecule has 286 valence electrons. The Kier molecular flexibility index (Phi) is 17.8. The maximum absolute atomic E-state index is 13.4. The third kappa shape index (κ3) is 16.5. The number of thiocarbonyl (C=S) groups is 1. The van der Waals surface area contributed by atoms with E-state index in [4.69, 9.17) is 37.6 Å². The molecule has 2 heterocycles. The smallest absolute Gasteiger partial charge is 0.328 e. The first kappa shape index (κ1) is 42.3. The van der Waals surface area contributed by atoms with Gasteiger partial charge in [-0.15, -0.1) is 0 Å². The Balaban J connectivity index is 0.000000410. The van der Waals surface area contributed by atoms with Crippen molar-refractivity contribution in [1.29, 1.82) is 0 Å². The number of likely N-dealkylation sites (tertiary alicyclic amines) is 1. The van der Waals surface area contributed by atoms with E-state index in [9.17, 15) is 23.6 Å². The molecule has 1 aliphatic heterocycles. The van der Waals surface area contributed by atoms with Crippen LogP contribution in [-0.4, -0.2) is 103 Å². The molecular formula is C38H43FN6O8S. The zero-order chi connectivity index (χ0) is 39.3. The van der Waals surface area contributed by atoms with Crippen LogP contribution in [0.4, 0.5) is 10.3 Å². The molecule has 0 saturated carbocycles. The van der Waals surface area contributed by atoms with Gasteiger partial charge in [-0.25, -0.2) is 28.6 Å². The van der Waals surface area contributed by atoms with Gasteiger partial charge in [0.25, 0.3) is 0 Å². The summed E-state index contributed by atoms with van der Waals surface area (Å²) in [5, 5.41) is 42.3. The fraction of sp³-hybridized carbons (Fsp3) is 0.263. The number of imidazole rings is 1. The van der Waals surface area contributed by atoms with Crippen LogP contribution < -0.4 is 16.0 Å². The highest BCUT2D eigenvalue weighted by atomic mass is 32.1. The quantitative estimate of drug-likeness (QED) is 0.0710. The molecule has 16 heteroatoms. The third-order valence-electron chi connectivity index (χ3n) is 7.82. The van der Waals surface area contributed by atoms with Crippen molar-refractivity contribution in [3.8, 4) is 0 Å². The Morgan fingerprint density at radius 3 is 1.85 bits per heavy atom. The van der Waals surface area contributed by atoms with Crippen LogP contribution in [0.3, 0.4) is 0 Å². The molecule has 14 nitrogen and oxygen atoms in total. The molecule has 0 aliphatic carbocycles. The van der Waals surface area contributed by atoms with Gasteiger partial charge in [0.05, 0.1) is 17.6 Å². The molecule has 3 aromatic carbocycles. The maximum Gasteiger partial charge on any atom is 0.328 e. The Labute approximate surface area is 316 Å². The summed E-state index contributed by atoms with van der Waals surface area (Å²) in [6.07, 6.45) is 5.30. The highest BCUT2D eigenvalue weighted by Crippen LogP contribution is 2.24. The standard InChI is InChI=1S/C30H35FN6S.2C4H4O4/c31-25-12-10-24(11-13-25)22-37-28-9-5-4-8-27(28)35-29(37)34-26-15-19-36(20-16-26)21-18-33-30(38)32-17-14-23-6-2-1-3-7-23;2*5-3(6)1-2-4(7)8/h1-13,26H,14-22H2,(H,34,35)(H2,32,33,38);2*1-2H,(H,5,6)(H,7,8). The number of hydrogen-bond donors (Lipinski definition) is 7. The molecule has 0 amide bonds. The molecule has 0 atom stereocenters. The number of benzene rings is 3. The Bertz CT molecular complexity index is 1830. The lowest BCUT2D eigenvalue weighted by Gasteiger charge is -2.32. The minimum absolute atomic E-state index is 0.217. The van der Waals surface area contributed by atoms with E-state index in [0.717, 1.165) is 79.6 Å². The van der Waals surface area contributed by atoms with Crippen LogP contribution in [0, 0.1) is 5.82 Å². The van der Waals surface area contributed by atoms with E-state index in [1.807, 2.05) is 36.4 Å². The van der Waals surface area contributed by atoms with Gasteiger partial charge in [0.1, 0.15) is 5.82 Å². The Morgan fingerprint density at radius 2 is 1.28 bits per heavy atom. The fourth-order valence-electron chi connectivity index (χ4n) is 5.24. The number of fused-ring (bicyclic) bond motifs is 1. The molecule has 1 aliphatic rings. The first-order chi connectivity index (χ1) is 25.9. The number of carboxylic acid groups (broad SMARTS) is 4. The number of halogens is 1. The molecule has 5 rings (SSSR count). The summed E-state index contributed by atoms with van der Waals surface area (Å²) < 4.78 is 15.6. The fourth-order valence-corrected chi connectivity index (χ4v) is 5.45. The number of carbonyl (C=O) groups is 4. The van der Waals surface area contributed by atoms with Crippen molar-refractivity contribution in [3.63, 3.8) is 0 Å². The van der Waals surface area contributed by atoms with Gasteiger partial charge in [-0.3, -0.25) is 0 Å². The van der Waals surface area contributed by atoms with Gasteiger partial charge >= 0.3 is 23.9 Å². The number of aromatic nitrogens is 2. The highest BCUT2D eigenvalue weighted by molar-refractivity contribution is 7.80. The molecule has 54 heavy (non-hydrogen) atoms. The topological polar surface area (TPSA) is 206 Å². The number of aliphatic carboxylic acids is 4. The van der Waals surface area contributed by atoms with E-state index in [1.54, 1.807) is 0 Å². The van der Waals surface area contributed by atoms with E-state index in [-0.39, 0.29) is 5.82 Å². The van der Waals surface area contributed by atoms with Crippen LogP contribution in [0.15, 0.2) is 103 Å². The number of carboxylic acids is 4. The molecule has 1 fully saturated rings. The zero-order valence-corrected chi connectivity index (χ0v) is 30.1. The minimum atomic E-state index is -1.26. The summed E-state index contributed by atoms with van der Waals surface area (Å²) in [4.78, 5) is 45.6. The SMILES string of the molecule is Fc1ccc(Cn2c(NC3CCN(CCNC(=S)NCCc4ccccc4)CC3)nc3ccccc32)cc1.O=C(O)C=CC(=O)O.O=C(O)C=CC(=O)O. The first-order valence-electron chi connectivity index (χ1n) is 16.9. The number of para-hydroxylation sites is 2. The van der Waals surface area contributed by atoms with Crippen LogP contribution in [0.5, 0.6) is 0 Å². The molecule has 1 saturated heterocycles. The van der Waals surface area contributed by atoms with E-state index in [0.29, 0.717) is 36.9 Å². The van der Waals surface area contributed by atoms with Crippen molar-refractivity contribution in [2.75, 3.05) is 38.0 Å². The molecule has 0 bridgehead atoms. The lowest BCUT2D eigenvalue weighted by atomic mass is 10.1. The second-order valence-corrected chi connectivity index (χ2v) is 12.2. The summed E-state index contributed by atoms with van der Waals surface area (Å²) in [6.45, 7) is 5.35. The van der Waals surface area contributed by atoms with Gasteiger partial charge in [0.15, 0.2) is 5.11 Å². The van der Waals surface area contributed by atoms with Gasteiger partial charge in [-0.1, -0.05) is 54.6 Å². The first-order valence-corrected chi connectivity index (χ1v) is 17.3. The van der Waals surface area contributed by atoms with Crippen molar-refractivity contribution in [3.05, 3.63) is 120 Å². The lowest BCUT2D eigenvalue weighted by molar-refractivity contribution is -0.134. The van der Waals surface area contributed by atoms with E-state index < -0.39 is 23.9 Å².